The minimum Gasteiger partial charge on any atom is -0.491 e. The van der Waals surface area contributed by atoms with Gasteiger partial charge in [-0.1, -0.05) is 17.7 Å². The van der Waals surface area contributed by atoms with Gasteiger partial charge in [-0.2, -0.15) is 0 Å². The molecular weight excluding hydrogens is 216 g/mol. The first kappa shape index (κ1) is 13.5. The van der Waals surface area contributed by atoms with Crippen LogP contribution in [0.1, 0.15) is 19.4 Å². The van der Waals surface area contributed by atoms with E-state index in [-0.39, 0.29) is 11.9 Å². The predicted octanol–water partition coefficient (Wildman–Crippen LogP) is 1.23. The Hall–Kier alpha value is -1.55. The molecule has 0 heterocycles. The SMILES string of the molecule is Cc1ccc(OCC(C)NC(=O)[C@H](C)N)cc1. The van der Waals surface area contributed by atoms with Gasteiger partial charge in [-0.3, -0.25) is 4.79 Å². The number of benzene rings is 1. The van der Waals surface area contributed by atoms with E-state index < -0.39 is 6.04 Å². The molecule has 0 saturated carbocycles. The summed E-state index contributed by atoms with van der Waals surface area (Å²) in [5.41, 5.74) is 6.65. The normalized spacial score (nSPS) is 13.9. The van der Waals surface area contributed by atoms with Crippen LogP contribution in [0.25, 0.3) is 0 Å². The summed E-state index contributed by atoms with van der Waals surface area (Å²) >= 11 is 0. The van der Waals surface area contributed by atoms with Crippen LogP contribution in [0.4, 0.5) is 0 Å². The summed E-state index contributed by atoms with van der Waals surface area (Å²) in [7, 11) is 0. The second kappa shape index (κ2) is 6.25. The maximum absolute atomic E-state index is 11.3. The average molecular weight is 236 g/mol. The lowest BCUT2D eigenvalue weighted by atomic mass is 10.2. The summed E-state index contributed by atoms with van der Waals surface area (Å²) in [5.74, 6) is 0.641. The Morgan fingerprint density at radius 3 is 2.47 bits per heavy atom. The van der Waals surface area contributed by atoms with Crippen molar-refractivity contribution < 1.29 is 9.53 Å². The van der Waals surface area contributed by atoms with Gasteiger partial charge in [0.25, 0.3) is 0 Å². The zero-order chi connectivity index (χ0) is 12.8. The third-order valence-electron chi connectivity index (χ3n) is 2.32. The van der Waals surface area contributed by atoms with Gasteiger partial charge >= 0.3 is 0 Å². The Labute approximate surface area is 102 Å². The van der Waals surface area contributed by atoms with E-state index in [1.54, 1.807) is 6.92 Å². The number of nitrogens with two attached hydrogens (primary N) is 1. The van der Waals surface area contributed by atoms with E-state index in [0.29, 0.717) is 6.61 Å². The molecule has 4 heteroatoms. The van der Waals surface area contributed by atoms with Crippen LogP contribution in [0.3, 0.4) is 0 Å². The predicted molar refractivity (Wildman–Crippen MR) is 67.9 cm³/mol. The average Bonchev–Trinajstić information content (AvgIpc) is 2.28. The molecule has 0 radical (unpaired) electrons. The Balaban J connectivity index is 2.35. The van der Waals surface area contributed by atoms with Crippen molar-refractivity contribution in [1.29, 1.82) is 0 Å². The lowest BCUT2D eigenvalue weighted by Gasteiger charge is -2.16. The molecule has 0 aliphatic rings. The molecule has 1 rings (SSSR count). The fourth-order valence-electron chi connectivity index (χ4n) is 1.27. The van der Waals surface area contributed by atoms with Crippen molar-refractivity contribution in [2.24, 2.45) is 5.73 Å². The van der Waals surface area contributed by atoms with Crippen molar-refractivity contribution >= 4 is 5.91 Å². The first-order chi connectivity index (χ1) is 7.99. The van der Waals surface area contributed by atoms with Gasteiger partial charge in [0.05, 0.1) is 12.1 Å². The number of rotatable bonds is 5. The van der Waals surface area contributed by atoms with Gasteiger partial charge in [0.1, 0.15) is 12.4 Å². The number of nitrogens with one attached hydrogen (secondary N) is 1. The third-order valence-corrected chi connectivity index (χ3v) is 2.32. The highest BCUT2D eigenvalue weighted by Crippen LogP contribution is 2.11. The molecule has 0 aliphatic heterocycles. The molecule has 0 aromatic heterocycles. The van der Waals surface area contributed by atoms with E-state index in [1.807, 2.05) is 38.1 Å². The van der Waals surface area contributed by atoms with Gasteiger partial charge in [0.15, 0.2) is 0 Å². The van der Waals surface area contributed by atoms with E-state index in [4.69, 9.17) is 10.5 Å². The maximum atomic E-state index is 11.3. The van der Waals surface area contributed by atoms with Crippen LogP contribution in [-0.2, 0) is 4.79 Å². The molecule has 3 N–H and O–H groups in total. The van der Waals surface area contributed by atoms with E-state index in [0.717, 1.165) is 5.75 Å². The van der Waals surface area contributed by atoms with Crippen molar-refractivity contribution in [3.05, 3.63) is 29.8 Å². The molecule has 0 bridgehead atoms. The summed E-state index contributed by atoms with van der Waals surface area (Å²) in [6.45, 7) is 5.99. The molecule has 0 saturated heterocycles. The van der Waals surface area contributed by atoms with Crippen LogP contribution in [-0.4, -0.2) is 24.6 Å². The number of aryl methyl sites for hydroxylation is 1. The van der Waals surface area contributed by atoms with Crippen molar-refractivity contribution in [3.8, 4) is 5.75 Å². The van der Waals surface area contributed by atoms with Crippen molar-refractivity contribution in [2.75, 3.05) is 6.61 Å². The number of amides is 1. The molecular formula is C13H20N2O2. The summed E-state index contributed by atoms with van der Waals surface area (Å²) in [4.78, 5) is 11.3. The zero-order valence-corrected chi connectivity index (χ0v) is 10.6. The fraction of sp³-hybridized carbons (Fsp3) is 0.462. The minimum absolute atomic E-state index is 0.0604. The summed E-state index contributed by atoms with van der Waals surface area (Å²) in [5, 5.41) is 2.77. The highest BCUT2D eigenvalue weighted by Gasteiger charge is 2.11. The van der Waals surface area contributed by atoms with Gasteiger partial charge < -0.3 is 15.8 Å². The van der Waals surface area contributed by atoms with Crippen LogP contribution in [0.2, 0.25) is 0 Å². The standard InChI is InChI=1S/C13H20N2O2/c1-9-4-6-12(7-5-9)17-8-10(2)15-13(16)11(3)14/h4-7,10-11H,8,14H2,1-3H3,(H,15,16)/t10?,11-/m0/s1. The summed E-state index contributed by atoms with van der Waals surface area (Å²) in [6.07, 6.45) is 0. The largest absolute Gasteiger partial charge is 0.491 e. The van der Waals surface area contributed by atoms with Gasteiger partial charge in [-0.15, -0.1) is 0 Å². The van der Waals surface area contributed by atoms with Gasteiger partial charge in [-0.25, -0.2) is 0 Å². The molecule has 1 amide bonds. The molecule has 94 valence electrons. The van der Waals surface area contributed by atoms with Crippen molar-refractivity contribution in [2.45, 2.75) is 32.9 Å². The minimum atomic E-state index is -0.489. The highest BCUT2D eigenvalue weighted by molar-refractivity contribution is 5.81. The number of carbonyl (C=O) groups excluding carboxylic acids is 1. The molecule has 0 fully saturated rings. The molecule has 2 atom stereocenters. The topological polar surface area (TPSA) is 64.3 Å². The van der Waals surface area contributed by atoms with Crippen LogP contribution in [0, 0.1) is 6.92 Å². The quantitative estimate of drug-likeness (QED) is 0.808. The van der Waals surface area contributed by atoms with E-state index in [2.05, 4.69) is 5.32 Å². The molecule has 1 aromatic carbocycles. The second-order valence-electron chi connectivity index (χ2n) is 4.32. The fourth-order valence-corrected chi connectivity index (χ4v) is 1.27. The van der Waals surface area contributed by atoms with Crippen molar-refractivity contribution in [1.82, 2.24) is 5.32 Å². The lowest BCUT2D eigenvalue weighted by molar-refractivity contribution is -0.122. The first-order valence-corrected chi connectivity index (χ1v) is 5.74. The monoisotopic (exact) mass is 236 g/mol. The molecule has 1 unspecified atom stereocenters. The van der Waals surface area contributed by atoms with E-state index >= 15 is 0 Å². The first-order valence-electron chi connectivity index (χ1n) is 5.74. The van der Waals surface area contributed by atoms with Crippen molar-refractivity contribution in [3.63, 3.8) is 0 Å². The smallest absolute Gasteiger partial charge is 0.236 e. The Kier molecular flexibility index (Phi) is 4.97. The van der Waals surface area contributed by atoms with Gasteiger partial charge in [-0.05, 0) is 32.9 Å². The van der Waals surface area contributed by atoms with E-state index in [9.17, 15) is 4.79 Å². The lowest BCUT2D eigenvalue weighted by Crippen LogP contribution is -2.44. The van der Waals surface area contributed by atoms with Crippen LogP contribution in [0.15, 0.2) is 24.3 Å². The molecule has 1 aromatic rings. The third kappa shape index (κ3) is 4.87. The number of ether oxygens (including phenoxy) is 1. The maximum Gasteiger partial charge on any atom is 0.236 e. The van der Waals surface area contributed by atoms with Crippen LogP contribution >= 0.6 is 0 Å². The summed E-state index contributed by atoms with van der Waals surface area (Å²) in [6, 6.07) is 7.25. The van der Waals surface area contributed by atoms with Gasteiger partial charge in [0.2, 0.25) is 5.91 Å². The molecule has 0 spiro atoms. The number of hydrogen-bond acceptors (Lipinski definition) is 3. The van der Waals surface area contributed by atoms with Crippen LogP contribution < -0.4 is 15.8 Å². The van der Waals surface area contributed by atoms with Gasteiger partial charge in [0, 0.05) is 0 Å². The Bertz CT molecular complexity index is 360. The van der Waals surface area contributed by atoms with E-state index in [1.165, 1.54) is 5.56 Å². The Morgan fingerprint density at radius 2 is 1.94 bits per heavy atom. The zero-order valence-electron chi connectivity index (χ0n) is 10.6. The molecule has 0 aliphatic carbocycles. The number of hydrogen-bond donors (Lipinski definition) is 2. The highest BCUT2D eigenvalue weighted by atomic mass is 16.5. The molecule has 17 heavy (non-hydrogen) atoms. The van der Waals surface area contributed by atoms with Crippen LogP contribution in [0.5, 0.6) is 5.75 Å². The number of carbonyl (C=O) groups is 1. The Morgan fingerprint density at radius 1 is 1.35 bits per heavy atom. The molecule has 4 nitrogen and oxygen atoms in total. The summed E-state index contributed by atoms with van der Waals surface area (Å²) < 4.78 is 5.55. The second-order valence-corrected chi connectivity index (χ2v) is 4.32.